The Kier molecular flexibility index (Phi) is 3.87. The fourth-order valence-electron chi connectivity index (χ4n) is 1.46. The SMILES string of the molecule is Cc1ccc(O)c(C(=O)Nc2c(Cl)ncnc2Cl)c1. The van der Waals surface area contributed by atoms with E-state index < -0.39 is 5.91 Å². The van der Waals surface area contributed by atoms with Gasteiger partial charge in [-0.1, -0.05) is 34.8 Å². The van der Waals surface area contributed by atoms with Crippen molar-refractivity contribution < 1.29 is 9.90 Å². The number of aromatic hydroxyl groups is 1. The van der Waals surface area contributed by atoms with E-state index in [9.17, 15) is 9.90 Å². The molecule has 1 amide bonds. The molecule has 0 aliphatic rings. The zero-order valence-electron chi connectivity index (χ0n) is 9.82. The van der Waals surface area contributed by atoms with E-state index in [-0.39, 0.29) is 27.3 Å². The number of carbonyl (C=O) groups excluding carboxylic acids is 1. The molecule has 0 fully saturated rings. The van der Waals surface area contributed by atoms with Gasteiger partial charge in [0.1, 0.15) is 17.8 Å². The number of phenolic OH excluding ortho intramolecular Hbond substituents is 1. The summed E-state index contributed by atoms with van der Waals surface area (Å²) in [7, 11) is 0. The Balaban J connectivity index is 2.34. The van der Waals surface area contributed by atoms with Crippen molar-refractivity contribution in [2.24, 2.45) is 0 Å². The Morgan fingerprint density at radius 2 is 1.89 bits per heavy atom. The lowest BCUT2D eigenvalue weighted by molar-refractivity contribution is 0.102. The maximum Gasteiger partial charge on any atom is 0.259 e. The lowest BCUT2D eigenvalue weighted by Gasteiger charge is -2.09. The van der Waals surface area contributed by atoms with Crippen LogP contribution in [-0.2, 0) is 0 Å². The summed E-state index contributed by atoms with van der Waals surface area (Å²) >= 11 is 11.6. The second-order valence-electron chi connectivity index (χ2n) is 3.81. The highest BCUT2D eigenvalue weighted by atomic mass is 35.5. The van der Waals surface area contributed by atoms with E-state index >= 15 is 0 Å². The van der Waals surface area contributed by atoms with E-state index in [4.69, 9.17) is 23.2 Å². The van der Waals surface area contributed by atoms with Crippen LogP contribution >= 0.6 is 23.2 Å². The maximum atomic E-state index is 12.0. The average molecular weight is 298 g/mol. The number of hydrogen-bond acceptors (Lipinski definition) is 4. The zero-order chi connectivity index (χ0) is 14.0. The minimum absolute atomic E-state index is 0.0282. The predicted octanol–water partition coefficient (Wildman–Crippen LogP) is 3.05. The standard InChI is InChI=1S/C12H9Cl2N3O2/c1-6-2-3-8(18)7(4-6)12(19)17-9-10(13)15-5-16-11(9)14/h2-5,18H,1H3,(H,17,19). The van der Waals surface area contributed by atoms with E-state index in [2.05, 4.69) is 15.3 Å². The van der Waals surface area contributed by atoms with Crippen LogP contribution in [0.25, 0.3) is 0 Å². The van der Waals surface area contributed by atoms with Crippen LogP contribution in [0.2, 0.25) is 10.3 Å². The monoisotopic (exact) mass is 297 g/mol. The van der Waals surface area contributed by atoms with Crippen molar-refractivity contribution in [2.75, 3.05) is 5.32 Å². The molecule has 0 atom stereocenters. The van der Waals surface area contributed by atoms with Crippen molar-refractivity contribution >= 4 is 34.8 Å². The molecule has 2 rings (SSSR count). The predicted molar refractivity (Wildman–Crippen MR) is 72.8 cm³/mol. The van der Waals surface area contributed by atoms with Crippen molar-refractivity contribution in [3.63, 3.8) is 0 Å². The first kappa shape index (κ1) is 13.6. The second kappa shape index (κ2) is 5.42. The number of halogens is 2. The summed E-state index contributed by atoms with van der Waals surface area (Å²) < 4.78 is 0. The van der Waals surface area contributed by atoms with E-state index in [0.29, 0.717) is 0 Å². The van der Waals surface area contributed by atoms with Crippen LogP contribution in [0.15, 0.2) is 24.5 Å². The molecular weight excluding hydrogens is 289 g/mol. The molecule has 0 bridgehead atoms. The number of phenols is 1. The third-order valence-corrected chi connectivity index (χ3v) is 2.96. The lowest BCUT2D eigenvalue weighted by Crippen LogP contribution is -2.13. The first-order valence-corrected chi connectivity index (χ1v) is 6.01. The Morgan fingerprint density at radius 3 is 2.53 bits per heavy atom. The van der Waals surface area contributed by atoms with Crippen LogP contribution in [-0.4, -0.2) is 21.0 Å². The van der Waals surface area contributed by atoms with Gasteiger partial charge in [-0.05, 0) is 19.1 Å². The molecule has 5 nitrogen and oxygen atoms in total. The molecular formula is C12H9Cl2N3O2. The summed E-state index contributed by atoms with van der Waals surface area (Å²) in [5.41, 5.74) is 1.07. The number of aryl methyl sites for hydroxylation is 1. The van der Waals surface area contributed by atoms with E-state index in [1.54, 1.807) is 12.1 Å². The Morgan fingerprint density at radius 1 is 1.26 bits per heavy atom. The van der Waals surface area contributed by atoms with Crippen LogP contribution in [0, 0.1) is 6.92 Å². The summed E-state index contributed by atoms with van der Waals surface area (Å²) in [6.45, 7) is 1.81. The quantitative estimate of drug-likeness (QED) is 0.836. The number of hydrogen-bond donors (Lipinski definition) is 2. The normalized spacial score (nSPS) is 10.3. The highest BCUT2D eigenvalue weighted by molar-refractivity contribution is 6.38. The number of rotatable bonds is 2. The minimum atomic E-state index is -0.542. The fourth-order valence-corrected chi connectivity index (χ4v) is 1.87. The van der Waals surface area contributed by atoms with Crippen LogP contribution in [0.3, 0.4) is 0 Å². The second-order valence-corrected chi connectivity index (χ2v) is 4.52. The van der Waals surface area contributed by atoms with Crippen molar-refractivity contribution in [1.82, 2.24) is 9.97 Å². The topological polar surface area (TPSA) is 75.1 Å². The van der Waals surface area contributed by atoms with Gasteiger partial charge in [0.15, 0.2) is 10.3 Å². The smallest absolute Gasteiger partial charge is 0.259 e. The number of carbonyl (C=O) groups is 1. The van der Waals surface area contributed by atoms with Crippen LogP contribution in [0.5, 0.6) is 5.75 Å². The van der Waals surface area contributed by atoms with E-state index in [0.717, 1.165) is 5.56 Å². The summed E-state index contributed by atoms with van der Waals surface area (Å²) in [4.78, 5) is 19.5. The molecule has 0 aliphatic carbocycles. The molecule has 2 N–H and O–H groups in total. The Hall–Kier alpha value is -1.85. The number of benzene rings is 1. The maximum absolute atomic E-state index is 12.0. The molecule has 1 aromatic heterocycles. The Bertz CT molecular complexity index is 627. The van der Waals surface area contributed by atoms with Crippen LogP contribution in [0.1, 0.15) is 15.9 Å². The summed E-state index contributed by atoms with van der Waals surface area (Å²) in [6.07, 6.45) is 1.18. The number of amides is 1. The largest absolute Gasteiger partial charge is 0.507 e. The average Bonchev–Trinajstić information content (AvgIpc) is 2.37. The van der Waals surface area contributed by atoms with Gasteiger partial charge in [-0.15, -0.1) is 0 Å². The number of anilines is 1. The summed E-state index contributed by atoms with van der Waals surface area (Å²) in [5, 5.41) is 12.2. The van der Waals surface area contributed by atoms with Gasteiger partial charge in [0, 0.05) is 0 Å². The van der Waals surface area contributed by atoms with E-state index in [1.165, 1.54) is 12.4 Å². The molecule has 0 aliphatic heterocycles. The molecule has 0 saturated heterocycles. The van der Waals surface area contributed by atoms with Gasteiger partial charge in [0.2, 0.25) is 0 Å². The molecule has 19 heavy (non-hydrogen) atoms. The lowest BCUT2D eigenvalue weighted by atomic mass is 10.1. The third kappa shape index (κ3) is 2.94. The van der Waals surface area contributed by atoms with Crippen molar-refractivity contribution in [2.45, 2.75) is 6.92 Å². The van der Waals surface area contributed by atoms with Gasteiger partial charge in [-0.2, -0.15) is 0 Å². The number of aromatic nitrogens is 2. The number of nitrogens with one attached hydrogen (secondary N) is 1. The molecule has 1 heterocycles. The molecule has 2 aromatic rings. The van der Waals surface area contributed by atoms with Gasteiger partial charge < -0.3 is 10.4 Å². The van der Waals surface area contributed by atoms with Crippen LogP contribution in [0.4, 0.5) is 5.69 Å². The van der Waals surface area contributed by atoms with Crippen LogP contribution < -0.4 is 5.32 Å². The molecule has 7 heteroatoms. The highest BCUT2D eigenvalue weighted by Gasteiger charge is 2.16. The first-order chi connectivity index (χ1) is 8.99. The van der Waals surface area contributed by atoms with Crippen molar-refractivity contribution in [3.05, 3.63) is 46.0 Å². The van der Waals surface area contributed by atoms with Gasteiger partial charge in [-0.3, -0.25) is 4.79 Å². The summed E-state index contributed by atoms with van der Waals surface area (Å²) in [6, 6.07) is 4.68. The molecule has 0 spiro atoms. The minimum Gasteiger partial charge on any atom is -0.507 e. The Labute approximate surface area is 119 Å². The zero-order valence-corrected chi connectivity index (χ0v) is 11.3. The molecule has 0 radical (unpaired) electrons. The van der Waals surface area contributed by atoms with Gasteiger partial charge in [-0.25, -0.2) is 9.97 Å². The fraction of sp³-hybridized carbons (Fsp3) is 0.0833. The number of nitrogens with zero attached hydrogens (tertiary/aromatic N) is 2. The van der Waals surface area contributed by atoms with Gasteiger partial charge in [0.25, 0.3) is 5.91 Å². The van der Waals surface area contributed by atoms with Crippen molar-refractivity contribution in [1.29, 1.82) is 0 Å². The molecule has 98 valence electrons. The highest BCUT2D eigenvalue weighted by Crippen LogP contribution is 2.27. The molecule has 0 saturated carbocycles. The third-order valence-electron chi connectivity index (χ3n) is 2.39. The van der Waals surface area contributed by atoms with Gasteiger partial charge >= 0.3 is 0 Å². The first-order valence-electron chi connectivity index (χ1n) is 5.26. The molecule has 1 aromatic carbocycles. The van der Waals surface area contributed by atoms with E-state index in [1.807, 2.05) is 6.92 Å². The van der Waals surface area contributed by atoms with Crippen molar-refractivity contribution in [3.8, 4) is 5.75 Å². The molecule has 0 unspecified atom stereocenters. The van der Waals surface area contributed by atoms with Gasteiger partial charge in [0.05, 0.1) is 5.56 Å². The summed E-state index contributed by atoms with van der Waals surface area (Å²) in [5.74, 6) is -0.674.